The molecule has 1 rings (SSSR count). The Morgan fingerprint density at radius 2 is 2.24 bits per heavy atom. The third-order valence-corrected chi connectivity index (χ3v) is 2.57. The topological polar surface area (TPSA) is 50.1 Å². The van der Waals surface area contributed by atoms with Gasteiger partial charge in [-0.2, -0.15) is 0 Å². The van der Waals surface area contributed by atoms with Crippen molar-refractivity contribution in [1.29, 1.82) is 0 Å². The van der Waals surface area contributed by atoms with Gasteiger partial charge in [-0.3, -0.25) is 9.56 Å². The second kappa shape index (κ2) is 5.66. The number of nitrogens with zero attached hydrogens (tertiary/aromatic N) is 2. The van der Waals surface area contributed by atoms with E-state index in [1.165, 1.54) is 0 Å². The molecule has 0 saturated carbocycles. The lowest BCUT2D eigenvalue weighted by Gasteiger charge is -2.04. The van der Waals surface area contributed by atoms with Crippen LogP contribution in [0.2, 0.25) is 0 Å². The average molecular weight is 235 g/mol. The lowest BCUT2D eigenvalue weighted by Crippen LogP contribution is -2.14. The second-order valence-corrected chi connectivity index (χ2v) is 4.56. The first-order chi connectivity index (χ1) is 7.93. The molecule has 0 amide bonds. The van der Waals surface area contributed by atoms with Crippen LogP contribution in [0.25, 0.3) is 5.57 Å². The van der Waals surface area contributed by atoms with E-state index in [-0.39, 0.29) is 5.69 Å². The van der Waals surface area contributed by atoms with Gasteiger partial charge in [0.2, 0.25) is 0 Å². The fourth-order valence-electron chi connectivity index (χ4n) is 1.69. The van der Waals surface area contributed by atoms with Crippen LogP contribution in [-0.4, -0.2) is 21.8 Å². The number of aromatic amines is 1. The SMILES string of the molecule is C=C(C)c1[nH]c(=O)n(C)c1CCC=NC(C)C. The minimum atomic E-state index is -0.0844. The molecule has 0 saturated heterocycles. The fourth-order valence-corrected chi connectivity index (χ4v) is 1.69. The predicted octanol–water partition coefficient (Wildman–Crippen LogP) is 2.16. The van der Waals surface area contributed by atoms with Gasteiger partial charge in [-0.15, -0.1) is 0 Å². The molecule has 0 atom stereocenters. The minimum Gasteiger partial charge on any atom is -0.306 e. The molecule has 0 aliphatic carbocycles. The third kappa shape index (κ3) is 3.44. The Morgan fingerprint density at radius 3 is 2.76 bits per heavy atom. The van der Waals surface area contributed by atoms with Gasteiger partial charge < -0.3 is 4.98 Å². The standard InChI is InChI=1S/C13H21N3O/c1-9(2)12-11(16(5)13(17)15-12)7-6-8-14-10(3)4/h8,10H,1,6-7H2,2-5H3,(H,15,17). The van der Waals surface area contributed by atoms with Crippen LogP contribution in [0.15, 0.2) is 16.4 Å². The summed E-state index contributed by atoms with van der Waals surface area (Å²) in [4.78, 5) is 18.7. The number of rotatable bonds is 5. The molecule has 0 fully saturated rings. The molecule has 1 aromatic heterocycles. The van der Waals surface area contributed by atoms with E-state index >= 15 is 0 Å². The smallest absolute Gasteiger partial charge is 0.306 e. The van der Waals surface area contributed by atoms with Crippen molar-refractivity contribution in [2.45, 2.75) is 39.7 Å². The van der Waals surface area contributed by atoms with Gasteiger partial charge in [-0.25, -0.2) is 4.79 Å². The number of hydrogen-bond acceptors (Lipinski definition) is 2. The molecule has 1 N–H and O–H groups in total. The lowest BCUT2D eigenvalue weighted by atomic mass is 10.1. The highest BCUT2D eigenvalue weighted by molar-refractivity contribution is 5.62. The Kier molecular flexibility index (Phi) is 4.49. The quantitative estimate of drug-likeness (QED) is 0.781. The van der Waals surface area contributed by atoms with Crippen LogP contribution in [0.3, 0.4) is 0 Å². The summed E-state index contributed by atoms with van der Waals surface area (Å²) < 4.78 is 1.65. The Bertz CT molecular complexity index is 477. The molecule has 0 aliphatic rings. The van der Waals surface area contributed by atoms with Crippen LogP contribution in [-0.2, 0) is 13.5 Å². The molecule has 0 spiro atoms. The highest BCUT2D eigenvalue weighted by Crippen LogP contribution is 2.14. The number of aromatic nitrogens is 2. The molecule has 0 bridgehead atoms. The maximum absolute atomic E-state index is 11.5. The van der Waals surface area contributed by atoms with Crippen LogP contribution in [0.5, 0.6) is 0 Å². The lowest BCUT2D eigenvalue weighted by molar-refractivity contribution is 0.782. The van der Waals surface area contributed by atoms with Crippen molar-refractivity contribution >= 4 is 11.8 Å². The Labute approximate surface area is 102 Å². The van der Waals surface area contributed by atoms with Gasteiger partial charge in [-0.1, -0.05) is 6.58 Å². The Morgan fingerprint density at radius 1 is 1.59 bits per heavy atom. The van der Waals surface area contributed by atoms with E-state index in [0.717, 1.165) is 29.8 Å². The van der Waals surface area contributed by atoms with Crippen molar-refractivity contribution in [3.63, 3.8) is 0 Å². The molecular weight excluding hydrogens is 214 g/mol. The average Bonchev–Trinajstić information content (AvgIpc) is 2.51. The van der Waals surface area contributed by atoms with Crippen LogP contribution >= 0.6 is 0 Å². The zero-order chi connectivity index (χ0) is 13.0. The Balaban J connectivity index is 2.83. The molecule has 1 aromatic rings. The van der Waals surface area contributed by atoms with E-state index in [4.69, 9.17) is 0 Å². The van der Waals surface area contributed by atoms with E-state index < -0.39 is 0 Å². The van der Waals surface area contributed by atoms with E-state index in [2.05, 4.69) is 16.6 Å². The molecule has 94 valence electrons. The highest BCUT2D eigenvalue weighted by Gasteiger charge is 2.10. The van der Waals surface area contributed by atoms with Gasteiger partial charge >= 0.3 is 5.69 Å². The number of aliphatic imine (C=N–C) groups is 1. The zero-order valence-electron chi connectivity index (χ0n) is 11.1. The third-order valence-electron chi connectivity index (χ3n) is 2.57. The van der Waals surface area contributed by atoms with Gasteiger partial charge in [0.05, 0.1) is 5.69 Å². The van der Waals surface area contributed by atoms with Crippen LogP contribution in [0.1, 0.15) is 38.6 Å². The molecular formula is C13H21N3O. The number of imidazole rings is 1. The summed E-state index contributed by atoms with van der Waals surface area (Å²) in [5.74, 6) is 0. The molecule has 4 heteroatoms. The number of hydrogen-bond donors (Lipinski definition) is 1. The summed E-state index contributed by atoms with van der Waals surface area (Å²) in [5, 5.41) is 0. The molecule has 4 nitrogen and oxygen atoms in total. The van der Waals surface area contributed by atoms with E-state index in [1.54, 1.807) is 11.6 Å². The summed E-state index contributed by atoms with van der Waals surface area (Å²) in [6.07, 6.45) is 3.56. The summed E-state index contributed by atoms with van der Waals surface area (Å²) >= 11 is 0. The highest BCUT2D eigenvalue weighted by atomic mass is 16.1. The first-order valence-corrected chi connectivity index (χ1v) is 5.89. The van der Waals surface area contributed by atoms with Crippen LogP contribution in [0.4, 0.5) is 0 Å². The van der Waals surface area contributed by atoms with Gasteiger partial charge in [0.1, 0.15) is 0 Å². The number of H-pyrrole nitrogens is 1. The first-order valence-electron chi connectivity index (χ1n) is 5.89. The molecule has 1 heterocycles. The van der Waals surface area contributed by atoms with Crippen molar-refractivity contribution in [2.75, 3.05) is 0 Å². The van der Waals surface area contributed by atoms with Crippen LogP contribution < -0.4 is 5.69 Å². The van der Waals surface area contributed by atoms with Crippen molar-refractivity contribution in [3.05, 3.63) is 28.5 Å². The molecule has 17 heavy (non-hydrogen) atoms. The summed E-state index contributed by atoms with van der Waals surface area (Å²) in [6, 6.07) is 0.325. The van der Waals surface area contributed by atoms with Gasteiger partial charge in [0.15, 0.2) is 0 Å². The summed E-state index contributed by atoms with van der Waals surface area (Å²) in [5.41, 5.74) is 2.66. The second-order valence-electron chi connectivity index (χ2n) is 4.56. The van der Waals surface area contributed by atoms with Crippen molar-refractivity contribution in [1.82, 2.24) is 9.55 Å². The van der Waals surface area contributed by atoms with Crippen molar-refractivity contribution in [2.24, 2.45) is 12.0 Å². The molecule has 0 aliphatic heterocycles. The first kappa shape index (κ1) is 13.5. The zero-order valence-corrected chi connectivity index (χ0v) is 11.1. The normalized spacial score (nSPS) is 11.6. The van der Waals surface area contributed by atoms with E-state index in [0.29, 0.717) is 6.04 Å². The number of allylic oxidation sites excluding steroid dienone is 1. The molecule has 0 radical (unpaired) electrons. The fraction of sp³-hybridized carbons (Fsp3) is 0.538. The maximum Gasteiger partial charge on any atom is 0.325 e. The van der Waals surface area contributed by atoms with Gasteiger partial charge in [0.25, 0.3) is 0 Å². The van der Waals surface area contributed by atoms with Crippen molar-refractivity contribution in [3.8, 4) is 0 Å². The molecule has 0 unspecified atom stereocenters. The van der Waals surface area contributed by atoms with Gasteiger partial charge in [-0.05, 0) is 45.4 Å². The number of nitrogens with one attached hydrogen (secondary N) is 1. The van der Waals surface area contributed by atoms with Gasteiger partial charge in [0, 0.05) is 18.8 Å². The summed E-state index contributed by atoms with van der Waals surface area (Å²) in [7, 11) is 1.78. The van der Waals surface area contributed by atoms with E-state index in [1.807, 2.05) is 27.0 Å². The predicted molar refractivity (Wildman–Crippen MR) is 72.7 cm³/mol. The molecule has 0 aromatic carbocycles. The Hall–Kier alpha value is -1.58. The largest absolute Gasteiger partial charge is 0.325 e. The monoisotopic (exact) mass is 235 g/mol. The van der Waals surface area contributed by atoms with Crippen molar-refractivity contribution < 1.29 is 0 Å². The minimum absolute atomic E-state index is 0.0844. The summed E-state index contributed by atoms with van der Waals surface area (Å²) in [6.45, 7) is 9.87. The van der Waals surface area contributed by atoms with E-state index in [9.17, 15) is 4.79 Å². The van der Waals surface area contributed by atoms with Crippen LogP contribution in [0, 0.1) is 0 Å². The maximum atomic E-state index is 11.5.